The maximum Gasteiger partial charge on any atom is 0.0544 e. The Morgan fingerprint density at radius 3 is 2.07 bits per heavy atom. The summed E-state index contributed by atoms with van der Waals surface area (Å²) in [5.74, 6) is 0. The van der Waals surface area contributed by atoms with Crippen LogP contribution >= 0.6 is 0 Å². The summed E-state index contributed by atoms with van der Waals surface area (Å²) in [6, 6.07) is 35.0. The van der Waals surface area contributed by atoms with Crippen molar-refractivity contribution in [1.82, 2.24) is 4.98 Å². The van der Waals surface area contributed by atoms with Crippen molar-refractivity contribution in [2.75, 3.05) is 0 Å². The van der Waals surface area contributed by atoms with Gasteiger partial charge >= 0.3 is 0 Å². The third kappa shape index (κ3) is 2.18. The minimum Gasteiger partial charge on any atom is -0.354 e. The summed E-state index contributed by atoms with van der Waals surface area (Å²) < 4.78 is 0. The quantitative estimate of drug-likeness (QED) is 0.302. The summed E-state index contributed by atoms with van der Waals surface area (Å²) in [7, 11) is 0. The Balaban J connectivity index is 1.63. The van der Waals surface area contributed by atoms with E-state index >= 15 is 0 Å². The maximum atomic E-state index is 3.62. The number of fused-ring (bicyclic) bond motifs is 5. The number of rotatable bonds is 1. The van der Waals surface area contributed by atoms with Gasteiger partial charge in [0.2, 0.25) is 0 Å². The number of aromatic nitrogens is 1. The molecule has 0 spiro atoms. The zero-order valence-corrected chi connectivity index (χ0v) is 14.7. The van der Waals surface area contributed by atoms with Gasteiger partial charge < -0.3 is 4.98 Å². The van der Waals surface area contributed by atoms with E-state index in [9.17, 15) is 0 Å². The molecule has 0 aliphatic rings. The highest BCUT2D eigenvalue weighted by Crippen LogP contribution is 2.35. The number of nitrogens with one attached hydrogen (secondary N) is 1. The van der Waals surface area contributed by atoms with Crippen LogP contribution in [0, 0.1) is 0 Å². The predicted molar refractivity (Wildman–Crippen MR) is 116 cm³/mol. The van der Waals surface area contributed by atoms with Gasteiger partial charge in [0, 0.05) is 21.9 Å². The van der Waals surface area contributed by atoms with Crippen molar-refractivity contribution in [2.24, 2.45) is 0 Å². The van der Waals surface area contributed by atoms with Gasteiger partial charge in [0.1, 0.15) is 0 Å². The lowest BCUT2D eigenvalue weighted by Crippen LogP contribution is -1.82. The minimum absolute atomic E-state index is 1.19. The van der Waals surface area contributed by atoms with Crippen LogP contribution in [0.4, 0.5) is 0 Å². The van der Waals surface area contributed by atoms with Crippen LogP contribution in [-0.4, -0.2) is 4.98 Å². The summed E-state index contributed by atoms with van der Waals surface area (Å²) >= 11 is 0. The van der Waals surface area contributed by atoms with E-state index in [1.165, 1.54) is 54.5 Å². The Hall–Kier alpha value is -3.58. The van der Waals surface area contributed by atoms with Gasteiger partial charge in [0.15, 0.2) is 0 Å². The van der Waals surface area contributed by atoms with E-state index in [4.69, 9.17) is 0 Å². The molecule has 0 aliphatic heterocycles. The van der Waals surface area contributed by atoms with E-state index in [1.54, 1.807) is 0 Å². The zero-order valence-electron chi connectivity index (χ0n) is 14.7. The van der Waals surface area contributed by atoms with Crippen LogP contribution < -0.4 is 0 Å². The molecule has 0 aliphatic carbocycles. The Kier molecular flexibility index (Phi) is 2.95. The van der Waals surface area contributed by atoms with Crippen LogP contribution in [0.5, 0.6) is 0 Å². The molecule has 0 atom stereocenters. The Morgan fingerprint density at radius 2 is 1.19 bits per heavy atom. The fourth-order valence-electron chi connectivity index (χ4n) is 4.22. The molecule has 1 nitrogen and oxygen atoms in total. The standard InChI is InChI=1S/C26H17N/c1-2-7-18-15-21-16-20(13-12-19(21)14-17(18)6-1)22-9-5-10-24-23-8-3-4-11-25(23)27-26(22)24/h1-16,27H. The highest BCUT2D eigenvalue weighted by molar-refractivity contribution is 6.12. The molecule has 1 aromatic heterocycles. The van der Waals surface area contributed by atoms with Crippen molar-refractivity contribution >= 4 is 43.4 Å². The SMILES string of the molecule is c1ccc2cc3cc(-c4cccc5c4[nH]c4ccccc45)ccc3cc2c1. The van der Waals surface area contributed by atoms with E-state index in [2.05, 4.69) is 102 Å². The summed E-state index contributed by atoms with van der Waals surface area (Å²) in [5.41, 5.74) is 4.89. The Bertz CT molecular complexity index is 1470. The normalized spacial score (nSPS) is 11.7. The van der Waals surface area contributed by atoms with Crippen LogP contribution in [0.25, 0.3) is 54.5 Å². The van der Waals surface area contributed by atoms with Gasteiger partial charge in [0.25, 0.3) is 0 Å². The average Bonchev–Trinajstić information content (AvgIpc) is 3.10. The van der Waals surface area contributed by atoms with Crippen molar-refractivity contribution in [3.8, 4) is 11.1 Å². The molecule has 5 aromatic carbocycles. The van der Waals surface area contributed by atoms with E-state index in [-0.39, 0.29) is 0 Å². The maximum absolute atomic E-state index is 3.62. The lowest BCUT2D eigenvalue weighted by molar-refractivity contribution is 1.54. The number of para-hydroxylation sites is 2. The first-order chi connectivity index (χ1) is 13.4. The zero-order chi connectivity index (χ0) is 17.8. The summed E-state index contributed by atoms with van der Waals surface area (Å²) in [6.07, 6.45) is 0. The molecule has 0 saturated heterocycles. The molecule has 0 fully saturated rings. The first kappa shape index (κ1) is 14.6. The van der Waals surface area contributed by atoms with Crippen molar-refractivity contribution in [2.45, 2.75) is 0 Å². The van der Waals surface area contributed by atoms with Crippen molar-refractivity contribution in [3.63, 3.8) is 0 Å². The van der Waals surface area contributed by atoms with Gasteiger partial charge in [-0.25, -0.2) is 0 Å². The smallest absolute Gasteiger partial charge is 0.0544 e. The molecule has 0 amide bonds. The third-order valence-electron chi connectivity index (χ3n) is 5.56. The highest BCUT2D eigenvalue weighted by atomic mass is 14.7. The average molecular weight is 343 g/mol. The van der Waals surface area contributed by atoms with Gasteiger partial charge in [0.05, 0.1) is 5.52 Å². The number of H-pyrrole nitrogens is 1. The lowest BCUT2D eigenvalue weighted by Gasteiger charge is -2.07. The molecule has 6 aromatic rings. The molecule has 126 valence electrons. The van der Waals surface area contributed by atoms with Gasteiger partial charge in [-0.2, -0.15) is 0 Å². The molecular weight excluding hydrogens is 326 g/mol. The highest BCUT2D eigenvalue weighted by Gasteiger charge is 2.10. The number of hydrogen-bond acceptors (Lipinski definition) is 0. The van der Waals surface area contributed by atoms with Gasteiger partial charge in [-0.3, -0.25) is 0 Å². The van der Waals surface area contributed by atoms with Gasteiger partial charge in [-0.15, -0.1) is 0 Å². The number of hydrogen-bond donors (Lipinski definition) is 1. The van der Waals surface area contributed by atoms with Gasteiger partial charge in [-0.1, -0.05) is 72.8 Å². The first-order valence-corrected chi connectivity index (χ1v) is 9.29. The summed E-state index contributed by atoms with van der Waals surface area (Å²) in [5, 5.41) is 7.69. The molecule has 0 unspecified atom stereocenters. The van der Waals surface area contributed by atoms with Crippen LogP contribution in [0.1, 0.15) is 0 Å². The monoisotopic (exact) mass is 343 g/mol. The number of benzene rings is 5. The molecule has 0 bridgehead atoms. The van der Waals surface area contributed by atoms with E-state index in [1.807, 2.05) is 0 Å². The molecule has 27 heavy (non-hydrogen) atoms. The number of aromatic amines is 1. The van der Waals surface area contributed by atoms with Crippen molar-refractivity contribution in [1.29, 1.82) is 0 Å². The van der Waals surface area contributed by atoms with E-state index in [0.717, 1.165) is 0 Å². The topological polar surface area (TPSA) is 15.8 Å². The van der Waals surface area contributed by atoms with Crippen LogP contribution in [0.15, 0.2) is 97.1 Å². The predicted octanol–water partition coefficient (Wildman–Crippen LogP) is 7.29. The van der Waals surface area contributed by atoms with Crippen LogP contribution in [0.3, 0.4) is 0 Å². The first-order valence-electron chi connectivity index (χ1n) is 9.29. The third-order valence-corrected chi connectivity index (χ3v) is 5.56. The summed E-state index contributed by atoms with van der Waals surface area (Å²) in [6.45, 7) is 0. The van der Waals surface area contributed by atoms with Crippen LogP contribution in [0.2, 0.25) is 0 Å². The molecule has 6 rings (SSSR count). The lowest BCUT2D eigenvalue weighted by atomic mass is 9.97. The molecule has 0 saturated carbocycles. The van der Waals surface area contributed by atoms with E-state index < -0.39 is 0 Å². The Morgan fingerprint density at radius 1 is 0.481 bits per heavy atom. The van der Waals surface area contributed by atoms with Crippen LogP contribution in [-0.2, 0) is 0 Å². The Labute approximate surface area is 156 Å². The second-order valence-corrected chi connectivity index (χ2v) is 7.16. The van der Waals surface area contributed by atoms with E-state index in [0.29, 0.717) is 0 Å². The minimum atomic E-state index is 1.19. The largest absolute Gasteiger partial charge is 0.354 e. The fourth-order valence-corrected chi connectivity index (χ4v) is 4.22. The molecular formula is C26H17N. The molecule has 1 N–H and O–H groups in total. The second kappa shape index (κ2) is 5.46. The molecule has 1 heteroatoms. The van der Waals surface area contributed by atoms with Crippen molar-refractivity contribution < 1.29 is 0 Å². The van der Waals surface area contributed by atoms with Crippen molar-refractivity contribution in [3.05, 3.63) is 97.1 Å². The molecule has 1 heterocycles. The summed E-state index contributed by atoms with van der Waals surface area (Å²) in [4.78, 5) is 3.62. The van der Waals surface area contributed by atoms with Gasteiger partial charge in [-0.05, 0) is 51.4 Å². The molecule has 0 radical (unpaired) electrons. The second-order valence-electron chi connectivity index (χ2n) is 7.16. The fraction of sp³-hybridized carbons (Fsp3) is 0.